The van der Waals surface area contributed by atoms with Crippen molar-refractivity contribution in [3.8, 4) is 0 Å². The van der Waals surface area contributed by atoms with Crippen LogP contribution in [-0.4, -0.2) is 73.1 Å². The Bertz CT molecular complexity index is 408. The third-order valence-corrected chi connectivity index (χ3v) is 4.50. The molecule has 2 N–H and O–H groups in total. The summed E-state index contributed by atoms with van der Waals surface area (Å²) in [4.78, 5) is 27.7. The van der Waals surface area contributed by atoms with Gasteiger partial charge in [-0.05, 0) is 51.9 Å². The second-order valence-corrected chi connectivity index (χ2v) is 7.69. The van der Waals surface area contributed by atoms with Crippen LogP contribution in [-0.2, 0) is 9.59 Å². The Morgan fingerprint density at radius 2 is 1.83 bits per heavy atom. The van der Waals surface area contributed by atoms with Crippen LogP contribution in [0, 0.1) is 11.3 Å². The molecule has 0 saturated carbocycles. The van der Waals surface area contributed by atoms with Crippen LogP contribution in [0.15, 0.2) is 0 Å². The monoisotopic (exact) mass is 363 g/mol. The molecule has 1 atom stereocenters. The van der Waals surface area contributed by atoms with Crippen molar-refractivity contribution in [1.29, 1.82) is 0 Å². The maximum Gasteiger partial charge on any atom is 0.320 e. The Balaban J connectivity index is 0.00000529. The topological polar surface area (TPSA) is 72.9 Å². The van der Waals surface area contributed by atoms with E-state index in [9.17, 15) is 14.7 Å². The molecule has 0 aliphatic carbocycles. The average Bonchev–Trinajstić information content (AvgIpc) is 2.44. The molecule has 1 rings (SSSR count). The molecule has 0 aromatic rings. The number of carbonyl (C=O) groups excluding carboxylic acids is 1. The molecule has 1 aliphatic heterocycles. The van der Waals surface area contributed by atoms with Crippen molar-refractivity contribution in [3.05, 3.63) is 0 Å². The first kappa shape index (κ1) is 23.1. The van der Waals surface area contributed by atoms with Crippen molar-refractivity contribution < 1.29 is 14.7 Å². The number of nitrogens with zero attached hydrogens (tertiary/aromatic N) is 2. The molecule has 1 unspecified atom stereocenters. The zero-order chi connectivity index (χ0) is 17.6. The normalized spacial score (nSPS) is 18.1. The molecule has 0 aromatic carbocycles. The van der Waals surface area contributed by atoms with Crippen molar-refractivity contribution in [1.82, 2.24) is 15.1 Å². The number of piperidine rings is 1. The number of amides is 1. The van der Waals surface area contributed by atoms with Crippen molar-refractivity contribution in [3.63, 3.8) is 0 Å². The number of likely N-dealkylation sites (tertiary alicyclic amines) is 1. The van der Waals surface area contributed by atoms with Gasteiger partial charge in [-0.15, -0.1) is 12.4 Å². The quantitative estimate of drug-likeness (QED) is 0.686. The summed E-state index contributed by atoms with van der Waals surface area (Å²) in [6.07, 6.45) is 2.08. The van der Waals surface area contributed by atoms with Gasteiger partial charge in [-0.1, -0.05) is 20.8 Å². The van der Waals surface area contributed by atoms with Gasteiger partial charge < -0.3 is 15.3 Å². The van der Waals surface area contributed by atoms with Crippen LogP contribution in [0.2, 0.25) is 0 Å². The molecule has 0 spiro atoms. The van der Waals surface area contributed by atoms with Gasteiger partial charge in [0.1, 0.15) is 6.04 Å². The SMILES string of the molecule is CCC(C(=O)O)N1CCC(C(=O)NCC(C)(C)CN(C)C)CC1.Cl. The number of aliphatic carboxylic acids is 1. The fourth-order valence-electron chi connectivity index (χ4n) is 3.45. The van der Waals surface area contributed by atoms with Crippen LogP contribution in [0.3, 0.4) is 0 Å². The summed E-state index contributed by atoms with van der Waals surface area (Å²) in [5, 5.41) is 12.3. The number of hydrogen-bond acceptors (Lipinski definition) is 4. The Hall–Kier alpha value is -0.850. The Morgan fingerprint density at radius 1 is 1.29 bits per heavy atom. The molecule has 0 aromatic heterocycles. The number of rotatable bonds is 8. The largest absolute Gasteiger partial charge is 0.480 e. The summed E-state index contributed by atoms with van der Waals surface area (Å²) in [5.74, 6) is -0.645. The third kappa shape index (κ3) is 7.36. The lowest BCUT2D eigenvalue weighted by Crippen LogP contribution is -2.48. The summed E-state index contributed by atoms with van der Waals surface area (Å²) in [7, 11) is 4.07. The van der Waals surface area contributed by atoms with E-state index < -0.39 is 12.0 Å². The standard InChI is InChI=1S/C17H33N3O3.ClH/c1-6-14(16(22)23)20-9-7-13(8-10-20)15(21)18-11-17(2,3)12-19(4)5;/h13-14H,6-12H2,1-5H3,(H,18,21)(H,22,23);1H. The van der Waals surface area contributed by atoms with Crippen molar-refractivity contribution in [2.75, 3.05) is 40.3 Å². The zero-order valence-corrected chi connectivity index (χ0v) is 16.5. The number of carboxylic acid groups (broad SMARTS) is 1. The molecule has 6 nitrogen and oxygen atoms in total. The third-order valence-electron chi connectivity index (χ3n) is 4.50. The van der Waals surface area contributed by atoms with Crippen LogP contribution in [0.4, 0.5) is 0 Å². The molecule has 1 amide bonds. The molecule has 0 radical (unpaired) electrons. The van der Waals surface area contributed by atoms with Gasteiger partial charge in [0.15, 0.2) is 0 Å². The lowest BCUT2D eigenvalue weighted by Gasteiger charge is -2.35. The van der Waals surface area contributed by atoms with Gasteiger partial charge in [0.05, 0.1) is 0 Å². The van der Waals surface area contributed by atoms with Crippen molar-refractivity contribution in [2.45, 2.75) is 46.1 Å². The second kappa shape index (κ2) is 10.2. The molecule has 1 aliphatic rings. The number of nitrogens with one attached hydrogen (secondary N) is 1. The van der Waals surface area contributed by atoms with Crippen LogP contribution >= 0.6 is 12.4 Å². The molecule has 1 saturated heterocycles. The van der Waals surface area contributed by atoms with Gasteiger partial charge in [-0.3, -0.25) is 14.5 Å². The second-order valence-electron chi connectivity index (χ2n) is 7.69. The predicted octanol–water partition coefficient (Wildman–Crippen LogP) is 1.69. The highest BCUT2D eigenvalue weighted by Crippen LogP contribution is 2.21. The van der Waals surface area contributed by atoms with Gasteiger partial charge in [-0.2, -0.15) is 0 Å². The van der Waals surface area contributed by atoms with Crippen molar-refractivity contribution >= 4 is 24.3 Å². The molecule has 1 fully saturated rings. The van der Waals surface area contributed by atoms with Crippen LogP contribution < -0.4 is 5.32 Å². The minimum absolute atomic E-state index is 0. The number of carbonyl (C=O) groups is 2. The van der Waals surface area contributed by atoms with E-state index in [0.717, 1.165) is 19.4 Å². The van der Waals surface area contributed by atoms with E-state index in [2.05, 4.69) is 24.1 Å². The van der Waals surface area contributed by atoms with Crippen LogP contribution in [0.5, 0.6) is 0 Å². The van der Waals surface area contributed by atoms with Crippen LogP contribution in [0.1, 0.15) is 40.0 Å². The zero-order valence-electron chi connectivity index (χ0n) is 15.7. The summed E-state index contributed by atoms with van der Waals surface area (Å²) in [6.45, 7) is 9.14. The lowest BCUT2D eigenvalue weighted by atomic mass is 9.91. The van der Waals surface area contributed by atoms with Crippen molar-refractivity contribution in [2.24, 2.45) is 11.3 Å². The van der Waals surface area contributed by atoms with E-state index in [0.29, 0.717) is 26.1 Å². The maximum atomic E-state index is 12.4. The van der Waals surface area contributed by atoms with Gasteiger partial charge in [0.25, 0.3) is 0 Å². The summed E-state index contributed by atoms with van der Waals surface area (Å²) < 4.78 is 0. The van der Waals surface area contributed by atoms with Gasteiger partial charge in [0, 0.05) is 19.0 Å². The van der Waals surface area contributed by atoms with Gasteiger partial charge in [-0.25, -0.2) is 0 Å². The van der Waals surface area contributed by atoms with Gasteiger partial charge >= 0.3 is 5.97 Å². The fourth-order valence-corrected chi connectivity index (χ4v) is 3.45. The first-order chi connectivity index (χ1) is 10.7. The van der Waals surface area contributed by atoms with E-state index in [-0.39, 0.29) is 29.6 Å². The molecule has 7 heteroatoms. The molecule has 0 bridgehead atoms. The smallest absolute Gasteiger partial charge is 0.320 e. The minimum atomic E-state index is -0.763. The Labute approximate surface area is 152 Å². The molecule has 142 valence electrons. The molecular weight excluding hydrogens is 330 g/mol. The summed E-state index contributed by atoms with van der Waals surface area (Å²) in [5.41, 5.74) is 0.0382. The van der Waals surface area contributed by atoms with E-state index in [1.165, 1.54) is 0 Å². The summed E-state index contributed by atoms with van der Waals surface area (Å²) in [6, 6.07) is -0.418. The van der Waals surface area contributed by atoms with Gasteiger partial charge in [0.2, 0.25) is 5.91 Å². The lowest BCUT2D eigenvalue weighted by molar-refractivity contribution is -0.144. The average molecular weight is 364 g/mol. The molecular formula is C17H34ClN3O3. The maximum absolute atomic E-state index is 12.4. The van der Waals surface area contributed by atoms with E-state index in [1.54, 1.807) is 0 Å². The number of halogens is 1. The minimum Gasteiger partial charge on any atom is -0.480 e. The van der Waals surface area contributed by atoms with E-state index >= 15 is 0 Å². The predicted molar refractivity (Wildman–Crippen MR) is 98.6 cm³/mol. The highest BCUT2D eigenvalue weighted by atomic mass is 35.5. The van der Waals surface area contributed by atoms with E-state index in [4.69, 9.17) is 0 Å². The first-order valence-corrected chi connectivity index (χ1v) is 8.55. The highest BCUT2D eigenvalue weighted by Gasteiger charge is 2.31. The molecule has 24 heavy (non-hydrogen) atoms. The number of carboxylic acids is 1. The molecule has 1 heterocycles. The first-order valence-electron chi connectivity index (χ1n) is 8.55. The fraction of sp³-hybridized carbons (Fsp3) is 0.882. The Morgan fingerprint density at radius 3 is 2.25 bits per heavy atom. The Kier molecular flexibility index (Phi) is 9.85. The number of hydrogen-bond donors (Lipinski definition) is 2. The van der Waals surface area contributed by atoms with Crippen LogP contribution in [0.25, 0.3) is 0 Å². The summed E-state index contributed by atoms with van der Waals surface area (Å²) >= 11 is 0. The highest BCUT2D eigenvalue weighted by molar-refractivity contribution is 5.85. The van der Waals surface area contributed by atoms with E-state index in [1.807, 2.05) is 25.9 Å².